The topological polar surface area (TPSA) is 59.3 Å². The van der Waals surface area contributed by atoms with E-state index in [9.17, 15) is 0 Å². The second kappa shape index (κ2) is 10.2. The molecular formula is C21H25Cl2N6O-. The quantitative estimate of drug-likeness (QED) is 0.518. The van der Waals surface area contributed by atoms with Gasteiger partial charge < -0.3 is 22.0 Å². The van der Waals surface area contributed by atoms with Gasteiger partial charge in [-0.15, -0.1) is 5.10 Å². The van der Waals surface area contributed by atoms with Crippen LogP contribution in [0.4, 0.5) is 0 Å². The van der Waals surface area contributed by atoms with E-state index >= 15 is 0 Å². The molecule has 1 aromatic heterocycles. The summed E-state index contributed by atoms with van der Waals surface area (Å²) in [7, 11) is 3.81. The minimum atomic E-state index is -0.0920. The number of halogens is 2. The van der Waals surface area contributed by atoms with Crippen LogP contribution >= 0.6 is 11.6 Å². The summed E-state index contributed by atoms with van der Waals surface area (Å²) in [6.45, 7) is 4.45. The van der Waals surface area contributed by atoms with Crippen molar-refractivity contribution in [3.8, 4) is 5.75 Å². The van der Waals surface area contributed by atoms with Gasteiger partial charge in [0.2, 0.25) is 0 Å². The summed E-state index contributed by atoms with van der Waals surface area (Å²) >= 11 is 6.60. The summed E-state index contributed by atoms with van der Waals surface area (Å²) in [4.78, 5) is 4.75. The number of benzene rings is 2. The van der Waals surface area contributed by atoms with Crippen molar-refractivity contribution in [1.29, 1.82) is 0 Å². The van der Waals surface area contributed by atoms with Crippen LogP contribution in [0.15, 0.2) is 48.5 Å². The predicted molar refractivity (Wildman–Crippen MR) is 112 cm³/mol. The van der Waals surface area contributed by atoms with Gasteiger partial charge >= 0.3 is 0 Å². The first-order chi connectivity index (χ1) is 14.2. The van der Waals surface area contributed by atoms with E-state index in [2.05, 4.69) is 38.4 Å². The molecule has 0 N–H and O–H groups in total. The van der Waals surface area contributed by atoms with Crippen LogP contribution in [0.2, 0.25) is 5.02 Å². The lowest BCUT2D eigenvalue weighted by atomic mass is 10.0. The van der Waals surface area contributed by atoms with Gasteiger partial charge in [0.05, 0.1) is 19.7 Å². The minimum absolute atomic E-state index is 0. The smallest absolute Gasteiger partial charge is 0.173 e. The molecule has 30 heavy (non-hydrogen) atoms. The molecule has 0 amide bonds. The lowest BCUT2D eigenvalue weighted by molar-refractivity contribution is -0.00000631. The van der Waals surface area contributed by atoms with Crippen LogP contribution in [-0.2, 0) is 6.54 Å². The molecule has 4 rings (SSSR count). The minimum Gasteiger partial charge on any atom is -1.00 e. The maximum Gasteiger partial charge on any atom is 0.173 e. The van der Waals surface area contributed by atoms with Crippen LogP contribution in [-0.4, -0.2) is 70.3 Å². The summed E-state index contributed by atoms with van der Waals surface area (Å²) in [6.07, 6.45) is 0. The van der Waals surface area contributed by atoms with Gasteiger partial charge in [0.25, 0.3) is 0 Å². The molecule has 1 fully saturated rings. The van der Waals surface area contributed by atoms with E-state index in [4.69, 9.17) is 16.3 Å². The number of piperazine rings is 1. The van der Waals surface area contributed by atoms with Crippen LogP contribution < -0.4 is 17.1 Å². The first-order valence-electron chi connectivity index (χ1n) is 9.71. The van der Waals surface area contributed by atoms with Crippen molar-refractivity contribution in [3.05, 3.63) is 70.5 Å². The van der Waals surface area contributed by atoms with Crippen molar-refractivity contribution in [1.82, 2.24) is 30.0 Å². The standard InChI is InChI=1S/C21H25ClN6O.ClH/c1-26-11-13-27(14-12-26)20(18-5-3-4-6-19(18)22)21-23-24-25-28(21)15-16-7-9-17(29-2)10-8-16;/h3-10,20H,11-15H2,1-2H3;1H/p-1. The number of hydrogen-bond donors (Lipinski definition) is 0. The Bertz CT molecular complexity index is 941. The van der Waals surface area contributed by atoms with Gasteiger partial charge in [-0.25, -0.2) is 4.68 Å². The third-order valence-corrected chi connectivity index (χ3v) is 5.74. The summed E-state index contributed by atoms with van der Waals surface area (Å²) in [5, 5.41) is 13.4. The van der Waals surface area contributed by atoms with Gasteiger partial charge in [0.15, 0.2) is 5.82 Å². The predicted octanol–water partition coefficient (Wildman–Crippen LogP) is -0.276. The highest BCUT2D eigenvalue weighted by Gasteiger charge is 2.31. The molecule has 2 heterocycles. The zero-order valence-corrected chi connectivity index (χ0v) is 18.6. The lowest BCUT2D eigenvalue weighted by Crippen LogP contribution is -3.00. The van der Waals surface area contributed by atoms with Crippen molar-refractivity contribution in [2.45, 2.75) is 12.6 Å². The fourth-order valence-corrected chi connectivity index (χ4v) is 3.94. The molecule has 0 saturated carbocycles. The SMILES string of the molecule is COc1ccc(Cn2nnnc2C(c2ccccc2Cl)N2CCN(C)CC2)cc1.[Cl-]. The zero-order valence-electron chi connectivity index (χ0n) is 17.1. The fraction of sp³-hybridized carbons (Fsp3) is 0.381. The van der Waals surface area contributed by atoms with Gasteiger partial charge in [0.1, 0.15) is 5.75 Å². The molecule has 0 spiro atoms. The highest BCUT2D eigenvalue weighted by atomic mass is 35.5. The molecule has 0 radical (unpaired) electrons. The molecule has 1 aliphatic rings. The second-order valence-electron chi connectivity index (χ2n) is 7.31. The van der Waals surface area contributed by atoms with Gasteiger partial charge in [-0.2, -0.15) is 0 Å². The van der Waals surface area contributed by atoms with E-state index in [-0.39, 0.29) is 18.4 Å². The number of likely N-dealkylation sites (N-methyl/N-ethyl adjacent to an activating group) is 1. The van der Waals surface area contributed by atoms with Crippen LogP contribution in [0.3, 0.4) is 0 Å². The Kier molecular flexibility index (Phi) is 7.66. The summed E-state index contributed by atoms with van der Waals surface area (Å²) < 4.78 is 7.12. The summed E-state index contributed by atoms with van der Waals surface area (Å²) in [5.74, 6) is 1.63. The fourth-order valence-electron chi connectivity index (χ4n) is 3.70. The van der Waals surface area contributed by atoms with E-state index in [1.807, 2.05) is 47.1 Å². The molecule has 1 aliphatic heterocycles. The molecule has 1 unspecified atom stereocenters. The lowest BCUT2D eigenvalue weighted by Gasteiger charge is -2.37. The van der Waals surface area contributed by atoms with Crippen LogP contribution in [0, 0.1) is 0 Å². The molecule has 2 aromatic carbocycles. The summed E-state index contributed by atoms with van der Waals surface area (Å²) in [6, 6.07) is 15.8. The molecule has 1 saturated heterocycles. The largest absolute Gasteiger partial charge is 1.00 e. The zero-order chi connectivity index (χ0) is 20.2. The molecule has 0 bridgehead atoms. The molecule has 7 nitrogen and oxygen atoms in total. The number of aromatic nitrogens is 4. The normalized spacial score (nSPS) is 16.1. The molecule has 160 valence electrons. The van der Waals surface area contributed by atoms with Crippen molar-refractivity contribution in [2.75, 3.05) is 40.3 Å². The van der Waals surface area contributed by atoms with Crippen molar-refractivity contribution in [3.63, 3.8) is 0 Å². The van der Waals surface area contributed by atoms with E-state index in [0.717, 1.165) is 53.9 Å². The maximum absolute atomic E-state index is 6.60. The van der Waals surface area contributed by atoms with Gasteiger partial charge in [-0.1, -0.05) is 41.9 Å². The number of rotatable bonds is 6. The Morgan fingerprint density at radius 3 is 2.40 bits per heavy atom. The van der Waals surface area contributed by atoms with Gasteiger partial charge in [-0.05, 0) is 46.8 Å². The van der Waals surface area contributed by atoms with Crippen molar-refractivity contribution < 1.29 is 17.1 Å². The Morgan fingerprint density at radius 1 is 1.03 bits per heavy atom. The molecule has 0 aliphatic carbocycles. The van der Waals surface area contributed by atoms with Crippen molar-refractivity contribution >= 4 is 11.6 Å². The van der Waals surface area contributed by atoms with E-state index in [1.165, 1.54) is 0 Å². The first kappa shape index (κ1) is 22.5. The number of hydrogen-bond acceptors (Lipinski definition) is 6. The summed E-state index contributed by atoms with van der Waals surface area (Å²) in [5.41, 5.74) is 2.14. The first-order valence-corrected chi connectivity index (χ1v) is 10.1. The van der Waals surface area contributed by atoms with E-state index in [1.54, 1.807) is 7.11 Å². The number of tetrazole rings is 1. The van der Waals surface area contributed by atoms with Crippen LogP contribution in [0.5, 0.6) is 5.75 Å². The number of ether oxygens (including phenoxy) is 1. The maximum atomic E-state index is 6.60. The Labute approximate surface area is 188 Å². The molecule has 1 atom stereocenters. The monoisotopic (exact) mass is 447 g/mol. The Balaban J connectivity index is 0.00000256. The van der Waals surface area contributed by atoms with Crippen LogP contribution in [0.1, 0.15) is 23.0 Å². The molecule has 9 heteroatoms. The highest BCUT2D eigenvalue weighted by Crippen LogP contribution is 2.32. The Hall–Kier alpha value is -2.19. The van der Waals surface area contributed by atoms with E-state index in [0.29, 0.717) is 6.54 Å². The molecule has 3 aromatic rings. The average Bonchev–Trinajstić information content (AvgIpc) is 3.19. The third-order valence-electron chi connectivity index (χ3n) is 5.40. The second-order valence-corrected chi connectivity index (χ2v) is 7.71. The molecular weight excluding hydrogens is 423 g/mol. The van der Waals surface area contributed by atoms with E-state index < -0.39 is 0 Å². The number of nitrogens with zero attached hydrogens (tertiary/aromatic N) is 6. The third kappa shape index (κ3) is 4.92. The van der Waals surface area contributed by atoms with Crippen LogP contribution in [0.25, 0.3) is 0 Å². The Morgan fingerprint density at radius 2 is 1.73 bits per heavy atom. The van der Waals surface area contributed by atoms with Crippen molar-refractivity contribution in [2.24, 2.45) is 0 Å². The van der Waals surface area contributed by atoms with Gasteiger partial charge in [-0.3, -0.25) is 4.90 Å². The number of methoxy groups -OCH3 is 1. The average molecular weight is 448 g/mol. The van der Waals surface area contributed by atoms with Gasteiger partial charge in [0, 0.05) is 31.2 Å². The highest BCUT2D eigenvalue weighted by molar-refractivity contribution is 6.31.